The maximum atomic E-state index is 9.39. The standard InChI is InChI=1S/C9H20O3/c1-4-5-7(10)9(12)8(11)6(2)3/h6-12H,4-5H2,1-3H3/t7-,8+,9-/m0/s1. The lowest BCUT2D eigenvalue weighted by atomic mass is 9.96. The quantitative estimate of drug-likeness (QED) is 0.572. The summed E-state index contributed by atoms with van der Waals surface area (Å²) in [5, 5.41) is 28.1. The molecular formula is C9H20O3. The summed E-state index contributed by atoms with van der Waals surface area (Å²) >= 11 is 0. The molecule has 12 heavy (non-hydrogen) atoms. The first-order valence-electron chi connectivity index (χ1n) is 4.54. The van der Waals surface area contributed by atoms with Crippen LogP contribution in [-0.2, 0) is 0 Å². The van der Waals surface area contributed by atoms with E-state index in [-0.39, 0.29) is 5.92 Å². The summed E-state index contributed by atoms with van der Waals surface area (Å²) in [5.41, 5.74) is 0. The molecule has 3 heteroatoms. The normalized spacial score (nSPS) is 19.2. The van der Waals surface area contributed by atoms with E-state index in [0.717, 1.165) is 6.42 Å². The van der Waals surface area contributed by atoms with Gasteiger partial charge in [0.25, 0.3) is 0 Å². The third kappa shape index (κ3) is 3.52. The maximum Gasteiger partial charge on any atom is 0.106 e. The van der Waals surface area contributed by atoms with E-state index in [0.29, 0.717) is 6.42 Å². The van der Waals surface area contributed by atoms with Gasteiger partial charge in [0, 0.05) is 0 Å². The first kappa shape index (κ1) is 11.9. The predicted molar refractivity (Wildman–Crippen MR) is 47.8 cm³/mol. The summed E-state index contributed by atoms with van der Waals surface area (Å²) in [5.74, 6) is -0.0218. The minimum atomic E-state index is -1.01. The predicted octanol–water partition coefficient (Wildman–Crippen LogP) is 0.525. The molecule has 0 saturated carbocycles. The fraction of sp³-hybridized carbons (Fsp3) is 1.00. The molecule has 0 radical (unpaired) electrons. The van der Waals surface area contributed by atoms with Crippen molar-refractivity contribution in [1.29, 1.82) is 0 Å². The van der Waals surface area contributed by atoms with Crippen LogP contribution in [0.4, 0.5) is 0 Å². The number of hydrogen-bond donors (Lipinski definition) is 3. The average molecular weight is 176 g/mol. The molecule has 0 aromatic heterocycles. The van der Waals surface area contributed by atoms with Gasteiger partial charge in [0.05, 0.1) is 12.2 Å². The zero-order chi connectivity index (χ0) is 9.72. The minimum Gasteiger partial charge on any atom is -0.390 e. The number of aliphatic hydroxyl groups is 3. The van der Waals surface area contributed by atoms with Crippen LogP contribution in [0.3, 0.4) is 0 Å². The molecule has 0 aliphatic carbocycles. The lowest BCUT2D eigenvalue weighted by Crippen LogP contribution is -2.40. The van der Waals surface area contributed by atoms with E-state index in [4.69, 9.17) is 0 Å². The van der Waals surface area contributed by atoms with Crippen molar-refractivity contribution in [2.75, 3.05) is 0 Å². The fourth-order valence-electron chi connectivity index (χ4n) is 1.09. The molecule has 0 bridgehead atoms. The highest BCUT2D eigenvalue weighted by Gasteiger charge is 2.25. The molecule has 0 aromatic rings. The number of hydrogen-bond acceptors (Lipinski definition) is 3. The van der Waals surface area contributed by atoms with Gasteiger partial charge in [0.15, 0.2) is 0 Å². The maximum absolute atomic E-state index is 9.39. The first-order valence-corrected chi connectivity index (χ1v) is 4.54. The van der Waals surface area contributed by atoms with Gasteiger partial charge in [-0.1, -0.05) is 27.2 Å². The Hall–Kier alpha value is -0.120. The molecule has 3 nitrogen and oxygen atoms in total. The molecule has 0 saturated heterocycles. The molecule has 0 spiro atoms. The van der Waals surface area contributed by atoms with Gasteiger partial charge in [-0.2, -0.15) is 0 Å². The molecule has 0 rings (SSSR count). The number of aliphatic hydroxyl groups excluding tert-OH is 3. The van der Waals surface area contributed by atoms with Gasteiger partial charge in [-0.25, -0.2) is 0 Å². The Morgan fingerprint density at radius 2 is 1.50 bits per heavy atom. The molecule has 3 N–H and O–H groups in total. The van der Waals surface area contributed by atoms with Gasteiger partial charge in [0.2, 0.25) is 0 Å². The van der Waals surface area contributed by atoms with E-state index in [1.54, 1.807) is 0 Å². The van der Waals surface area contributed by atoms with Crippen LogP contribution < -0.4 is 0 Å². The van der Waals surface area contributed by atoms with Gasteiger partial charge in [-0.05, 0) is 12.3 Å². The summed E-state index contributed by atoms with van der Waals surface area (Å²) in [6.45, 7) is 5.55. The Morgan fingerprint density at radius 3 is 1.83 bits per heavy atom. The van der Waals surface area contributed by atoms with E-state index >= 15 is 0 Å². The largest absolute Gasteiger partial charge is 0.390 e. The van der Waals surface area contributed by atoms with Crippen molar-refractivity contribution in [1.82, 2.24) is 0 Å². The molecule has 0 aliphatic rings. The van der Waals surface area contributed by atoms with Crippen molar-refractivity contribution in [3.8, 4) is 0 Å². The third-order valence-corrected chi connectivity index (χ3v) is 2.01. The van der Waals surface area contributed by atoms with Crippen molar-refractivity contribution >= 4 is 0 Å². The summed E-state index contributed by atoms with van der Waals surface area (Å²) < 4.78 is 0. The molecule has 0 aliphatic heterocycles. The highest BCUT2D eigenvalue weighted by Crippen LogP contribution is 2.12. The van der Waals surface area contributed by atoms with Crippen LogP contribution >= 0.6 is 0 Å². The Labute approximate surface area is 74.0 Å². The van der Waals surface area contributed by atoms with E-state index in [2.05, 4.69) is 0 Å². The third-order valence-electron chi connectivity index (χ3n) is 2.01. The van der Waals surface area contributed by atoms with Crippen molar-refractivity contribution in [2.24, 2.45) is 5.92 Å². The highest BCUT2D eigenvalue weighted by atomic mass is 16.4. The van der Waals surface area contributed by atoms with Crippen LogP contribution in [0.25, 0.3) is 0 Å². The topological polar surface area (TPSA) is 60.7 Å². The zero-order valence-corrected chi connectivity index (χ0v) is 8.07. The van der Waals surface area contributed by atoms with Crippen LogP contribution in [0.2, 0.25) is 0 Å². The highest BCUT2D eigenvalue weighted by molar-refractivity contribution is 4.76. The molecule has 0 aromatic carbocycles. The van der Waals surface area contributed by atoms with Gasteiger partial charge in [-0.15, -0.1) is 0 Å². The molecule has 74 valence electrons. The van der Waals surface area contributed by atoms with Crippen LogP contribution in [0.1, 0.15) is 33.6 Å². The SMILES string of the molecule is CCC[C@H](O)[C@H](O)[C@H](O)C(C)C. The minimum absolute atomic E-state index is 0.0218. The summed E-state index contributed by atoms with van der Waals surface area (Å²) in [6, 6.07) is 0. The second-order valence-electron chi connectivity index (χ2n) is 3.58. The van der Waals surface area contributed by atoms with Crippen LogP contribution in [0.15, 0.2) is 0 Å². The zero-order valence-electron chi connectivity index (χ0n) is 8.07. The van der Waals surface area contributed by atoms with E-state index in [9.17, 15) is 15.3 Å². The molecule has 3 atom stereocenters. The second kappa shape index (κ2) is 5.51. The van der Waals surface area contributed by atoms with E-state index in [1.807, 2.05) is 20.8 Å². The molecule has 0 unspecified atom stereocenters. The lowest BCUT2D eigenvalue weighted by Gasteiger charge is -2.25. The smallest absolute Gasteiger partial charge is 0.106 e. The summed E-state index contributed by atoms with van der Waals surface area (Å²) in [4.78, 5) is 0. The van der Waals surface area contributed by atoms with Gasteiger partial charge in [0.1, 0.15) is 6.10 Å². The Bertz CT molecular complexity index is 114. The van der Waals surface area contributed by atoms with Crippen LogP contribution in [0.5, 0.6) is 0 Å². The van der Waals surface area contributed by atoms with E-state index < -0.39 is 18.3 Å². The summed E-state index contributed by atoms with van der Waals surface area (Å²) in [7, 11) is 0. The molecular weight excluding hydrogens is 156 g/mol. The lowest BCUT2D eigenvalue weighted by molar-refractivity contribution is -0.0776. The van der Waals surface area contributed by atoms with Gasteiger partial charge in [-0.3, -0.25) is 0 Å². The Morgan fingerprint density at radius 1 is 1.00 bits per heavy atom. The van der Waals surface area contributed by atoms with Crippen molar-refractivity contribution in [3.63, 3.8) is 0 Å². The van der Waals surface area contributed by atoms with Crippen molar-refractivity contribution in [2.45, 2.75) is 51.9 Å². The Balaban J connectivity index is 3.90. The fourth-order valence-corrected chi connectivity index (χ4v) is 1.09. The van der Waals surface area contributed by atoms with E-state index in [1.165, 1.54) is 0 Å². The summed E-state index contributed by atoms with van der Waals surface area (Å²) in [6.07, 6.45) is -1.29. The van der Waals surface area contributed by atoms with Gasteiger partial charge >= 0.3 is 0 Å². The average Bonchev–Trinajstić information content (AvgIpc) is 2.02. The van der Waals surface area contributed by atoms with Gasteiger partial charge < -0.3 is 15.3 Å². The van der Waals surface area contributed by atoms with Crippen LogP contribution in [-0.4, -0.2) is 33.6 Å². The Kier molecular flexibility index (Phi) is 5.46. The first-order chi connectivity index (χ1) is 5.50. The molecule has 0 amide bonds. The van der Waals surface area contributed by atoms with Crippen molar-refractivity contribution < 1.29 is 15.3 Å². The van der Waals surface area contributed by atoms with Crippen molar-refractivity contribution in [3.05, 3.63) is 0 Å². The number of rotatable bonds is 5. The second-order valence-corrected chi connectivity index (χ2v) is 3.58. The van der Waals surface area contributed by atoms with Crippen LogP contribution in [0, 0.1) is 5.92 Å². The monoisotopic (exact) mass is 176 g/mol. The molecule has 0 heterocycles. The molecule has 0 fully saturated rings.